The first kappa shape index (κ1) is 13.6. The largest absolute Gasteiger partial charge is 0.261 e. The Morgan fingerprint density at radius 3 is 2.52 bits per heavy atom. The molecule has 0 saturated carbocycles. The van der Waals surface area contributed by atoms with Gasteiger partial charge >= 0.3 is 0 Å². The number of aryl methyl sites for hydroxylation is 1. The van der Waals surface area contributed by atoms with E-state index in [9.17, 15) is 0 Å². The lowest BCUT2D eigenvalue weighted by atomic mass is 9.98. The van der Waals surface area contributed by atoms with Crippen molar-refractivity contribution in [3.05, 3.63) is 78.9 Å². The highest BCUT2D eigenvalue weighted by Gasteiger charge is 2.06. The van der Waals surface area contributed by atoms with Gasteiger partial charge < -0.3 is 0 Å². The van der Waals surface area contributed by atoms with Crippen molar-refractivity contribution in [2.24, 2.45) is 0 Å². The number of hydrogen-bond donors (Lipinski definition) is 0. The lowest BCUT2D eigenvalue weighted by Crippen LogP contribution is -1.88. The molecule has 2 heterocycles. The molecule has 2 aromatic carbocycles. The topological polar surface area (TPSA) is 38.7 Å². The number of nitrogens with zero attached hydrogens (tertiary/aromatic N) is 3. The fourth-order valence-electron chi connectivity index (χ4n) is 2.80. The van der Waals surface area contributed by atoms with Crippen molar-refractivity contribution < 1.29 is 0 Å². The highest BCUT2D eigenvalue weighted by atomic mass is 14.8. The van der Waals surface area contributed by atoms with E-state index in [1.807, 2.05) is 12.3 Å². The summed E-state index contributed by atoms with van der Waals surface area (Å²) in [5.74, 6) is 0. The van der Waals surface area contributed by atoms with E-state index in [4.69, 9.17) is 0 Å². The fourth-order valence-corrected chi connectivity index (χ4v) is 2.80. The molecular formula is C20H15N3. The van der Waals surface area contributed by atoms with Crippen LogP contribution in [0.5, 0.6) is 0 Å². The molecule has 0 saturated heterocycles. The molecule has 110 valence electrons. The standard InChI is InChI=1S/C20H15N3/c1-14-9-17(12-18(10-14)20-13-21-7-8-23-20)15-4-5-19-16(11-15)3-2-6-22-19/h2-13H,1H3. The summed E-state index contributed by atoms with van der Waals surface area (Å²) in [7, 11) is 0. The molecule has 0 aliphatic carbocycles. The van der Waals surface area contributed by atoms with Crippen LogP contribution in [0.1, 0.15) is 5.56 Å². The molecule has 0 N–H and O–H groups in total. The van der Waals surface area contributed by atoms with Crippen LogP contribution >= 0.6 is 0 Å². The molecular weight excluding hydrogens is 282 g/mol. The van der Waals surface area contributed by atoms with E-state index in [1.54, 1.807) is 18.6 Å². The Morgan fingerprint density at radius 1 is 0.739 bits per heavy atom. The molecule has 3 heteroatoms. The zero-order valence-electron chi connectivity index (χ0n) is 12.8. The molecule has 0 bridgehead atoms. The van der Waals surface area contributed by atoms with E-state index >= 15 is 0 Å². The lowest BCUT2D eigenvalue weighted by molar-refractivity contribution is 1.20. The van der Waals surface area contributed by atoms with Gasteiger partial charge in [0.2, 0.25) is 0 Å². The zero-order chi connectivity index (χ0) is 15.6. The molecule has 0 amide bonds. The van der Waals surface area contributed by atoms with Crippen LogP contribution in [0.2, 0.25) is 0 Å². The summed E-state index contributed by atoms with van der Waals surface area (Å²) in [6.45, 7) is 2.10. The Bertz CT molecular complexity index is 978. The fraction of sp³-hybridized carbons (Fsp3) is 0.0500. The Morgan fingerprint density at radius 2 is 1.65 bits per heavy atom. The van der Waals surface area contributed by atoms with Crippen LogP contribution in [0.4, 0.5) is 0 Å². The van der Waals surface area contributed by atoms with Crippen molar-refractivity contribution in [2.75, 3.05) is 0 Å². The van der Waals surface area contributed by atoms with Gasteiger partial charge in [0.1, 0.15) is 0 Å². The molecule has 3 nitrogen and oxygen atoms in total. The van der Waals surface area contributed by atoms with Crippen LogP contribution in [0.3, 0.4) is 0 Å². The van der Waals surface area contributed by atoms with Crippen LogP contribution in [-0.2, 0) is 0 Å². The van der Waals surface area contributed by atoms with Crippen LogP contribution in [0.15, 0.2) is 73.3 Å². The average molecular weight is 297 g/mol. The Hall–Kier alpha value is -3.07. The Kier molecular flexibility index (Phi) is 3.31. The zero-order valence-corrected chi connectivity index (χ0v) is 12.8. The van der Waals surface area contributed by atoms with Crippen LogP contribution in [0.25, 0.3) is 33.3 Å². The van der Waals surface area contributed by atoms with Gasteiger partial charge in [-0.1, -0.05) is 18.2 Å². The molecule has 0 aliphatic rings. The summed E-state index contributed by atoms with van der Waals surface area (Å²) in [5.41, 5.74) is 6.54. The number of fused-ring (bicyclic) bond motifs is 1. The summed E-state index contributed by atoms with van der Waals surface area (Å²) < 4.78 is 0. The van der Waals surface area contributed by atoms with E-state index in [-0.39, 0.29) is 0 Å². The van der Waals surface area contributed by atoms with E-state index in [0.717, 1.165) is 22.2 Å². The van der Waals surface area contributed by atoms with Crippen LogP contribution in [-0.4, -0.2) is 15.0 Å². The lowest BCUT2D eigenvalue weighted by Gasteiger charge is -2.08. The number of rotatable bonds is 2. The predicted octanol–water partition coefficient (Wildman–Crippen LogP) is 4.67. The monoisotopic (exact) mass is 297 g/mol. The number of aromatic nitrogens is 3. The van der Waals surface area contributed by atoms with Crippen molar-refractivity contribution >= 4 is 10.9 Å². The highest BCUT2D eigenvalue weighted by Crippen LogP contribution is 2.28. The molecule has 4 aromatic rings. The van der Waals surface area contributed by atoms with E-state index in [2.05, 4.69) is 64.3 Å². The second-order valence-electron chi connectivity index (χ2n) is 5.59. The normalized spacial score (nSPS) is 10.8. The molecule has 0 spiro atoms. The minimum atomic E-state index is 0.889. The van der Waals surface area contributed by atoms with E-state index in [1.165, 1.54) is 16.7 Å². The first-order chi connectivity index (χ1) is 11.3. The van der Waals surface area contributed by atoms with Crippen LogP contribution < -0.4 is 0 Å². The third-order valence-corrected chi connectivity index (χ3v) is 3.87. The minimum absolute atomic E-state index is 0.889. The van der Waals surface area contributed by atoms with Gasteiger partial charge in [-0.05, 0) is 53.9 Å². The van der Waals surface area contributed by atoms with Gasteiger partial charge in [0.05, 0.1) is 17.4 Å². The maximum absolute atomic E-state index is 4.40. The van der Waals surface area contributed by atoms with E-state index < -0.39 is 0 Å². The van der Waals surface area contributed by atoms with Crippen molar-refractivity contribution in [3.63, 3.8) is 0 Å². The van der Waals surface area contributed by atoms with Gasteiger partial charge in [-0.25, -0.2) is 0 Å². The first-order valence-electron chi connectivity index (χ1n) is 7.53. The van der Waals surface area contributed by atoms with Crippen molar-refractivity contribution in [3.8, 4) is 22.4 Å². The predicted molar refractivity (Wildman–Crippen MR) is 92.9 cm³/mol. The Balaban J connectivity index is 1.86. The van der Waals surface area contributed by atoms with Gasteiger partial charge in [0.25, 0.3) is 0 Å². The van der Waals surface area contributed by atoms with Crippen LogP contribution in [0, 0.1) is 6.92 Å². The molecule has 0 radical (unpaired) electrons. The van der Waals surface area contributed by atoms with Gasteiger partial charge in [-0.15, -0.1) is 0 Å². The number of benzene rings is 2. The quantitative estimate of drug-likeness (QED) is 0.540. The SMILES string of the molecule is Cc1cc(-c2ccc3ncccc3c2)cc(-c2cnccn2)c1. The Labute approximate surface area is 134 Å². The van der Waals surface area contributed by atoms with Crippen molar-refractivity contribution in [1.29, 1.82) is 0 Å². The van der Waals surface area contributed by atoms with E-state index in [0.29, 0.717) is 0 Å². The summed E-state index contributed by atoms with van der Waals surface area (Å²) in [5, 5.41) is 1.15. The third-order valence-electron chi connectivity index (χ3n) is 3.87. The molecule has 0 unspecified atom stereocenters. The molecule has 0 fully saturated rings. The maximum Gasteiger partial charge on any atom is 0.0885 e. The second kappa shape index (κ2) is 5.61. The second-order valence-corrected chi connectivity index (χ2v) is 5.59. The highest BCUT2D eigenvalue weighted by molar-refractivity contribution is 5.85. The van der Waals surface area contributed by atoms with Crippen molar-refractivity contribution in [2.45, 2.75) is 6.92 Å². The molecule has 0 aliphatic heterocycles. The maximum atomic E-state index is 4.40. The van der Waals surface area contributed by atoms with Gasteiger partial charge in [-0.2, -0.15) is 0 Å². The first-order valence-corrected chi connectivity index (χ1v) is 7.53. The smallest absolute Gasteiger partial charge is 0.0885 e. The summed E-state index contributed by atoms with van der Waals surface area (Å²) in [6, 6.07) is 16.9. The van der Waals surface area contributed by atoms with Gasteiger partial charge in [-0.3, -0.25) is 15.0 Å². The summed E-state index contributed by atoms with van der Waals surface area (Å²) in [4.78, 5) is 12.9. The van der Waals surface area contributed by atoms with Gasteiger partial charge in [0, 0.05) is 29.5 Å². The number of hydrogen-bond acceptors (Lipinski definition) is 3. The van der Waals surface area contributed by atoms with Gasteiger partial charge in [0.15, 0.2) is 0 Å². The molecule has 2 aromatic heterocycles. The molecule has 0 atom stereocenters. The minimum Gasteiger partial charge on any atom is -0.261 e. The molecule has 4 rings (SSSR count). The third kappa shape index (κ3) is 2.69. The summed E-state index contributed by atoms with van der Waals surface area (Å²) >= 11 is 0. The number of pyridine rings is 1. The molecule has 23 heavy (non-hydrogen) atoms. The summed E-state index contributed by atoms with van der Waals surface area (Å²) in [6.07, 6.45) is 7.03. The average Bonchev–Trinajstić information content (AvgIpc) is 2.61. The van der Waals surface area contributed by atoms with Crippen molar-refractivity contribution in [1.82, 2.24) is 15.0 Å².